The molecule has 100 valence electrons. The molecule has 17 heavy (non-hydrogen) atoms. The molecule has 0 spiro atoms. The lowest BCUT2D eigenvalue weighted by Gasteiger charge is -2.49. The van der Waals surface area contributed by atoms with Crippen molar-refractivity contribution in [3.63, 3.8) is 0 Å². The average molecular weight is 237 g/mol. The van der Waals surface area contributed by atoms with E-state index >= 15 is 0 Å². The van der Waals surface area contributed by atoms with Gasteiger partial charge in [0.25, 0.3) is 0 Å². The average Bonchev–Trinajstić information content (AvgIpc) is 2.29. The zero-order chi connectivity index (χ0) is 13.6. The third-order valence-corrected chi connectivity index (χ3v) is 4.56. The van der Waals surface area contributed by atoms with Gasteiger partial charge in [-0.1, -0.05) is 60.3 Å². The quantitative estimate of drug-likeness (QED) is 0.500. The lowest BCUT2D eigenvalue weighted by atomic mass is 9.24. The zero-order valence-electron chi connectivity index (χ0n) is 13.0. The first-order chi connectivity index (χ1) is 7.83. The minimum Gasteiger partial charge on any atom is -0.582 e. The van der Waals surface area contributed by atoms with Gasteiger partial charge in [0.2, 0.25) is 0 Å². The summed E-state index contributed by atoms with van der Waals surface area (Å²) < 4.78 is 5.98. The Kier molecular flexibility index (Phi) is 6.94. The van der Waals surface area contributed by atoms with Crippen LogP contribution >= 0.6 is 0 Å². The molecule has 0 aromatic rings. The maximum atomic E-state index is 5.98. The molecule has 2 atom stereocenters. The van der Waals surface area contributed by atoms with Crippen molar-refractivity contribution in [1.82, 2.24) is 0 Å². The Hall–Kier alpha value is -0.415. The third-order valence-electron chi connectivity index (χ3n) is 4.56. The summed E-state index contributed by atoms with van der Waals surface area (Å²) in [5.41, 5.74) is 0. The molecule has 0 rings (SSSR count). The first-order valence-corrected chi connectivity index (χ1v) is 7.04. The van der Waals surface area contributed by atoms with Crippen LogP contribution in [0, 0.1) is 23.6 Å². The predicted octanol–water partition coefficient (Wildman–Crippen LogP) is 4.62. The summed E-state index contributed by atoms with van der Waals surface area (Å²) >= 11 is 0. The van der Waals surface area contributed by atoms with E-state index in [2.05, 4.69) is 60.2 Å². The highest BCUT2D eigenvalue weighted by atomic mass is 16.4. The summed E-state index contributed by atoms with van der Waals surface area (Å²) in [5, 5.41) is 0. The molecule has 0 amide bonds. The molecule has 0 saturated carbocycles. The van der Waals surface area contributed by atoms with Crippen molar-refractivity contribution in [1.29, 1.82) is 0 Å². The lowest BCUT2D eigenvalue weighted by molar-refractivity contribution is 0.351. The summed E-state index contributed by atoms with van der Waals surface area (Å²) in [5.74, 6) is 8.94. The fourth-order valence-corrected chi connectivity index (χ4v) is 2.64. The molecule has 0 N–H and O–H groups in total. The highest BCUT2D eigenvalue weighted by Crippen LogP contribution is 2.41. The van der Waals surface area contributed by atoms with Crippen LogP contribution in [-0.2, 0) is 4.65 Å². The SMILES string of the molecule is CCC#C[B-](OC)(C(C)C(C)C)C(C)C(C)C. The number of hydrogen-bond donors (Lipinski definition) is 0. The van der Waals surface area contributed by atoms with Gasteiger partial charge in [-0.25, -0.2) is 0 Å². The highest BCUT2D eigenvalue weighted by molar-refractivity contribution is 6.84. The van der Waals surface area contributed by atoms with E-state index in [9.17, 15) is 0 Å². The molecule has 1 nitrogen and oxygen atoms in total. The standard InChI is InChI=1S/C15H30BO/c1-9-10-11-16(17-8,14(6)12(2)3)15(7)13(4)5/h12-15H,9H2,1-8H3/q-1. The topological polar surface area (TPSA) is 9.23 Å². The molecule has 0 bridgehead atoms. The van der Waals surface area contributed by atoms with E-state index in [4.69, 9.17) is 4.65 Å². The van der Waals surface area contributed by atoms with Crippen LogP contribution in [0.25, 0.3) is 0 Å². The van der Waals surface area contributed by atoms with Crippen molar-refractivity contribution in [3.8, 4) is 11.7 Å². The summed E-state index contributed by atoms with van der Waals surface area (Å²) in [6.07, 6.45) is -0.157. The van der Waals surface area contributed by atoms with E-state index < -0.39 is 6.35 Å². The van der Waals surface area contributed by atoms with E-state index in [-0.39, 0.29) is 0 Å². The molecule has 0 saturated heterocycles. The Morgan fingerprint density at radius 3 is 1.59 bits per heavy atom. The maximum absolute atomic E-state index is 5.98. The fourth-order valence-electron chi connectivity index (χ4n) is 2.64. The van der Waals surface area contributed by atoms with E-state index in [0.29, 0.717) is 23.5 Å². The summed E-state index contributed by atoms with van der Waals surface area (Å²) in [7, 11) is 1.84. The monoisotopic (exact) mass is 237 g/mol. The third kappa shape index (κ3) is 3.78. The maximum Gasteiger partial charge on any atom is 0.191 e. The van der Waals surface area contributed by atoms with Crippen LogP contribution in [0.5, 0.6) is 0 Å². The second-order valence-corrected chi connectivity index (χ2v) is 6.03. The Morgan fingerprint density at radius 2 is 1.35 bits per heavy atom. The first kappa shape index (κ1) is 16.6. The Labute approximate surface area is 109 Å². The summed E-state index contributed by atoms with van der Waals surface area (Å²) in [6.45, 7) is 15.7. The minimum absolute atomic E-state index is 0.497. The van der Waals surface area contributed by atoms with Gasteiger partial charge in [0, 0.05) is 6.42 Å². The molecule has 0 aliphatic carbocycles. The van der Waals surface area contributed by atoms with Gasteiger partial charge in [0.05, 0.1) is 0 Å². The molecule has 0 aliphatic heterocycles. The van der Waals surface area contributed by atoms with Crippen molar-refractivity contribution in [2.24, 2.45) is 11.8 Å². The van der Waals surface area contributed by atoms with Crippen LogP contribution in [0.3, 0.4) is 0 Å². The van der Waals surface area contributed by atoms with Gasteiger partial charge in [0.1, 0.15) is 0 Å². The van der Waals surface area contributed by atoms with Crippen LogP contribution < -0.4 is 0 Å². The van der Waals surface area contributed by atoms with Gasteiger partial charge >= 0.3 is 0 Å². The Morgan fingerprint density at radius 1 is 0.941 bits per heavy atom. The second-order valence-electron chi connectivity index (χ2n) is 6.03. The largest absolute Gasteiger partial charge is 0.582 e. The number of rotatable bonds is 5. The lowest BCUT2D eigenvalue weighted by Crippen LogP contribution is -2.48. The summed E-state index contributed by atoms with van der Waals surface area (Å²) in [6, 6.07) is 0. The van der Waals surface area contributed by atoms with Gasteiger partial charge in [-0.2, -0.15) is 0 Å². The second kappa shape index (κ2) is 7.12. The van der Waals surface area contributed by atoms with Gasteiger partial charge in [-0.05, 0) is 7.11 Å². The fraction of sp³-hybridized carbons (Fsp3) is 0.867. The molecule has 0 radical (unpaired) electrons. The van der Waals surface area contributed by atoms with E-state index in [1.807, 2.05) is 7.11 Å². The molecule has 2 heteroatoms. The van der Waals surface area contributed by atoms with Gasteiger partial charge in [0.15, 0.2) is 6.35 Å². The normalized spacial score (nSPS) is 18.5. The van der Waals surface area contributed by atoms with Crippen molar-refractivity contribution in [2.45, 2.75) is 66.5 Å². The van der Waals surface area contributed by atoms with E-state index in [0.717, 1.165) is 6.42 Å². The molecule has 0 fully saturated rings. The molecule has 0 aromatic carbocycles. The van der Waals surface area contributed by atoms with Crippen LogP contribution in [0.1, 0.15) is 54.9 Å². The van der Waals surface area contributed by atoms with Gasteiger partial charge in [-0.3, -0.25) is 5.82 Å². The van der Waals surface area contributed by atoms with Crippen molar-refractivity contribution in [3.05, 3.63) is 0 Å². The Bertz CT molecular complexity index is 258. The van der Waals surface area contributed by atoms with Crippen molar-refractivity contribution in [2.75, 3.05) is 7.11 Å². The highest BCUT2D eigenvalue weighted by Gasteiger charge is 2.37. The predicted molar refractivity (Wildman–Crippen MR) is 79.4 cm³/mol. The zero-order valence-corrected chi connectivity index (χ0v) is 13.0. The van der Waals surface area contributed by atoms with E-state index in [1.165, 1.54) is 0 Å². The molecule has 0 aromatic heterocycles. The smallest absolute Gasteiger partial charge is 0.191 e. The van der Waals surface area contributed by atoms with Crippen molar-refractivity contribution < 1.29 is 4.65 Å². The first-order valence-electron chi connectivity index (χ1n) is 7.04. The summed E-state index contributed by atoms with van der Waals surface area (Å²) in [4.78, 5) is 0. The van der Waals surface area contributed by atoms with Crippen LogP contribution in [-0.4, -0.2) is 13.5 Å². The molecule has 2 unspecified atom stereocenters. The molecule has 0 heterocycles. The van der Waals surface area contributed by atoms with Crippen LogP contribution in [0.4, 0.5) is 0 Å². The van der Waals surface area contributed by atoms with E-state index in [1.54, 1.807) is 0 Å². The molecular weight excluding hydrogens is 207 g/mol. The van der Waals surface area contributed by atoms with Gasteiger partial charge < -0.3 is 4.65 Å². The molecule has 0 aliphatic rings. The molecular formula is C15H30BO-. The number of hydrogen-bond acceptors (Lipinski definition) is 1. The van der Waals surface area contributed by atoms with Gasteiger partial charge in [-0.15, -0.1) is 17.6 Å². The minimum atomic E-state index is -1.06. The van der Waals surface area contributed by atoms with Crippen LogP contribution in [0.2, 0.25) is 11.6 Å². The Balaban J connectivity index is 5.43. The van der Waals surface area contributed by atoms with Crippen molar-refractivity contribution >= 4 is 6.35 Å². The van der Waals surface area contributed by atoms with Crippen LogP contribution in [0.15, 0.2) is 0 Å².